The molecule has 1 fully saturated rings. The molecule has 0 bridgehead atoms. The Balaban J connectivity index is 1.72. The molecule has 5 nitrogen and oxygen atoms in total. The largest absolute Gasteiger partial charge is 0.374 e. The van der Waals surface area contributed by atoms with Crippen LogP contribution in [0.25, 0.3) is 0 Å². The summed E-state index contributed by atoms with van der Waals surface area (Å²) in [5.41, 5.74) is 1.20. The molecule has 1 atom stereocenters. The predicted molar refractivity (Wildman–Crippen MR) is 71.4 cm³/mol. The smallest absolute Gasteiger partial charge is 0.0826 e. The van der Waals surface area contributed by atoms with Crippen LogP contribution in [0, 0.1) is 0 Å². The van der Waals surface area contributed by atoms with Gasteiger partial charge in [-0.1, -0.05) is 0 Å². The molecule has 102 valence electrons. The lowest BCUT2D eigenvalue weighted by atomic mass is 10.2. The first-order valence-electron chi connectivity index (χ1n) is 6.70. The Kier molecular flexibility index (Phi) is 4.74. The minimum absolute atomic E-state index is 0.300. The Morgan fingerprint density at radius 1 is 1.56 bits per heavy atom. The number of nitrogens with zero attached hydrogens (tertiary/aromatic N) is 3. The number of hydrogen-bond donors (Lipinski definition) is 1. The van der Waals surface area contributed by atoms with Gasteiger partial charge in [-0.05, 0) is 19.9 Å². The summed E-state index contributed by atoms with van der Waals surface area (Å²) in [6, 6.07) is 2.64. The van der Waals surface area contributed by atoms with Crippen molar-refractivity contribution in [1.29, 1.82) is 0 Å². The van der Waals surface area contributed by atoms with E-state index in [2.05, 4.69) is 29.2 Å². The Morgan fingerprint density at radius 2 is 2.39 bits per heavy atom. The topological polar surface area (TPSA) is 42.3 Å². The van der Waals surface area contributed by atoms with E-state index in [0.717, 1.165) is 32.8 Å². The molecular weight excluding hydrogens is 228 g/mol. The number of ether oxygens (including phenoxy) is 1. The van der Waals surface area contributed by atoms with Gasteiger partial charge in [0.05, 0.1) is 18.4 Å². The van der Waals surface area contributed by atoms with Gasteiger partial charge in [0.1, 0.15) is 0 Å². The molecule has 0 saturated carbocycles. The van der Waals surface area contributed by atoms with E-state index in [-0.39, 0.29) is 0 Å². The Morgan fingerprint density at radius 3 is 3.06 bits per heavy atom. The molecule has 2 heterocycles. The lowest BCUT2D eigenvalue weighted by molar-refractivity contribution is -0.0373. The van der Waals surface area contributed by atoms with E-state index >= 15 is 0 Å². The monoisotopic (exact) mass is 252 g/mol. The second-order valence-electron chi connectivity index (χ2n) is 5.16. The van der Waals surface area contributed by atoms with Gasteiger partial charge in [-0.25, -0.2) is 0 Å². The highest BCUT2D eigenvalue weighted by atomic mass is 16.5. The molecule has 0 radical (unpaired) electrons. The van der Waals surface area contributed by atoms with Crippen molar-refractivity contribution in [3.8, 4) is 0 Å². The minimum Gasteiger partial charge on any atom is -0.374 e. The third-order valence-corrected chi connectivity index (χ3v) is 3.50. The number of aromatic nitrogens is 2. The van der Waals surface area contributed by atoms with Crippen LogP contribution in [0.2, 0.25) is 0 Å². The van der Waals surface area contributed by atoms with Gasteiger partial charge in [0.2, 0.25) is 0 Å². The van der Waals surface area contributed by atoms with Gasteiger partial charge < -0.3 is 10.1 Å². The average Bonchev–Trinajstić information content (AvgIpc) is 2.76. The summed E-state index contributed by atoms with van der Waals surface area (Å²) in [4.78, 5) is 2.47. The summed E-state index contributed by atoms with van der Waals surface area (Å²) < 4.78 is 7.68. The zero-order valence-electron chi connectivity index (χ0n) is 11.6. The van der Waals surface area contributed by atoms with E-state index in [1.165, 1.54) is 5.69 Å². The van der Waals surface area contributed by atoms with Crippen molar-refractivity contribution >= 4 is 0 Å². The molecule has 1 aliphatic heterocycles. The standard InChI is InChI=1S/C13H24N4O/c1-11(2)17-6-7-18-13(10-17)9-14-8-12-4-5-15-16(12)3/h4-5,11,13-14H,6-10H2,1-3H3. The van der Waals surface area contributed by atoms with Gasteiger partial charge in [-0.2, -0.15) is 5.10 Å². The molecule has 1 aromatic heterocycles. The summed E-state index contributed by atoms with van der Waals surface area (Å²) in [5.74, 6) is 0. The maximum absolute atomic E-state index is 5.78. The highest BCUT2D eigenvalue weighted by molar-refractivity contribution is 4.99. The number of morpholine rings is 1. The van der Waals surface area contributed by atoms with Crippen molar-refractivity contribution in [3.05, 3.63) is 18.0 Å². The van der Waals surface area contributed by atoms with Crippen LogP contribution in [0.3, 0.4) is 0 Å². The first-order chi connectivity index (χ1) is 8.66. The van der Waals surface area contributed by atoms with Crippen LogP contribution in [-0.4, -0.2) is 53.1 Å². The molecule has 0 aliphatic carbocycles. The molecule has 18 heavy (non-hydrogen) atoms. The quantitative estimate of drug-likeness (QED) is 0.834. The molecule has 0 amide bonds. The fraction of sp³-hybridized carbons (Fsp3) is 0.769. The third-order valence-electron chi connectivity index (χ3n) is 3.50. The molecule has 2 rings (SSSR count). The Bertz CT molecular complexity index is 364. The van der Waals surface area contributed by atoms with E-state index in [1.807, 2.05) is 24.0 Å². The molecule has 1 unspecified atom stereocenters. The normalized spacial score (nSPS) is 21.7. The van der Waals surface area contributed by atoms with Crippen molar-refractivity contribution in [1.82, 2.24) is 20.0 Å². The highest BCUT2D eigenvalue weighted by Crippen LogP contribution is 2.08. The van der Waals surface area contributed by atoms with Gasteiger partial charge in [0.25, 0.3) is 0 Å². The van der Waals surface area contributed by atoms with Crippen LogP contribution < -0.4 is 5.32 Å². The van der Waals surface area contributed by atoms with E-state index < -0.39 is 0 Å². The summed E-state index contributed by atoms with van der Waals surface area (Å²) in [5, 5.41) is 7.60. The summed E-state index contributed by atoms with van der Waals surface area (Å²) in [6.07, 6.45) is 2.13. The van der Waals surface area contributed by atoms with Crippen LogP contribution in [0.1, 0.15) is 19.5 Å². The first-order valence-corrected chi connectivity index (χ1v) is 6.70. The Labute approximate surface area is 109 Å². The second-order valence-corrected chi connectivity index (χ2v) is 5.16. The number of nitrogens with one attached hydrogen (secondary N) is 1. The zero-order valence-corrected chi connectivity index (χ0v) is 11.6. The maximum Gasteiger partial charge on any atom is 0.0826 e. The zero-order chi connectivity index (χ0) is 13.0. The summed E-state index contributed by atoms with van der Waals surface area (Å²) >= 11 is 0. The van der Waals surface area contributed by atoms with Gasteiger partial charge in [-0.15, -0.1) is 0 Å². The van der Waals surface area contributed by atoms with Crippen molar-refractivity contribution in [2.75, 3.05) is 26.2 Å². The molecule has 1 aromatic rings. The minimum atomic E-state index is 0.300. The number of hydrogen-bond acceptors (Lipinski definition) is 4. The van der Waals surface area contributed by atoms with Gasteiger partial charge in [0, 0.05) is 45.5 Å². The second kappa shape index (κ2) is 6.31. The molecule has 1 saturated heterocycles. The molecule has 1 N–H and O–H groups in total. The van der Waals surface area contributed by atoms with E-state index in [1.54, 1.807) is 0 Å². The van der Waals surface area contributed by atoms with Gasteiger partial charge >= 0.3 is 0 Å². The fourth-order valence-electron chi connectivity index (χ4n) is 2.27. The van der Waals surface area contributed by atoms with Gasteiger partial charge in [-0.3, -0.25) is 9.58 Å². The SMILES string of the molecule is CC(C)N1CCOC(CNCc2ccnn2C)C1. The van der Waals surface area contributed by atoms with Crippen LogP contribution in [0.5, 0.6) is 0 Å². The maximum atomic E-state index is 5.78. The van der Waals surface area contributed by atoms with Crippen molar-refractivity contribution in [2.24, 2.45) is 7.05 Å². The molecule has 0 aromatic carbocycles. The molecular formula is C13H24N4O. The van der Waals surface area contributed by atoms with Crippen LogP contribution in [0.15, 0.2) is 12.3 Å². The summed E-state index contributed by atoms with van der Waals surface area (Å²) in [7, 11) is 1.97. The van der Waals surface area contributed by atoms with Crippen LogP contribution in [0.4, 0.5) is 0 Å². The number of rotatable bonds is 5. The number of aryl methyl sites for hydroxylation is 1. The third kappa shape index (κ3) is 3.54. The van der Waals surface area contributed by atoms with E-state index in [9.17, 15) is 0 Å². The van der Waals surface area contributed by atoms with Crippen molar-refractivity contribution in [2.45, 2.75) is 32.5 Å². The van der Waals surface area contributed by atoms with E-state index in [4.69, 9.17) is 4.74 Å². The van der Waals surface area contributed by atoms with Crippen LogP contribution in [-0.2, 0) is 18.3 Å². The van der Waals surface area contributed by atoms with Crippen molar-refractivity contribution < 1.29 is 4.74 Å². The van der Waals surface area contributed by atoms with E-state index in [0.29, 0.717) is 12.1 Å². The molecule has 1 aliphatic rings. The molecule has 0 spiro atoms. The highest BCUT2D eigenvalue weighted by Gasteiger charge is 2.21. The molecule has 5 heteroatoms. The van der Waals surface area contributed by atoms with Crippen molar-refractivity contribution in [3.63, 3.8) is 0 Å². The van der Waals surface area contributed by atoms with Crippen LogP contribution >= 0.6 is 0 Å². The lowest BCUT2D eigenvalue weighted by Crippen LogP contribution is -2.49. The average molecular weight is 252 g/mol. The summed E-state index contributed by atoms with van der Waals surface area (Å²) in [6.45, 7) is 9.14. The first kappa shape index (κ1) is 13.5. The lowest BCUT2D eigenvalue weighted by Gasteiger charge is -2.35. The van der Waals surface area contributed by atoms with Gasteiger partial charge in [0.15, 0.2) is 0 Å². The fourth-order valence-corrected chi connectivity index (χ4v) is 2.27. The Hall–Kier alpha value is -0.910. The predicted octanol–water partition coefficient (Wildman–Crippen LogP) is 0.619.